The Morgan fingerprint density at radius 1 is 1.19 bits per heavy atom. The lowest BCUT2D eigenvalue weighted by Crippen LogP contribution is -2.13. The van der Waals surface area contributed by atoms with E-state index in [1.54, 1.807) is 24.3 Å². The van der Waals surface area contributed by atoms with Crippen LogP contribution in [-0.2, 0) is 6.18 Å². The second-order valence-corrected chi connectivity index (χ2v) is 7.50. The SMILES string of the molecule is COc1cc(C(F)(F)F)ccc1-c1csc(NC(=O)c2nc3ccccc3o2)c1C(O)O. The number of aliphatic hydroxyl groups is 2. The molecule has 166 valence electrons. The van der Waals surface area contributed by atoms with Crippen molar-refractivity contribution in [1.29, 1.82) is 0 Å². The molecule has 7 nitrogen and oxygen atoms in total. The van der Waals surface area contributed by atoms with Crippen molar-refractivity contribution in [2.75, 3.05) is 12.4 Å². The van der Waals surface area contributed by atoms with Crippen LogP contribution in [0, 0.1) is 0 Å². The lowest BCUT2D eigenvalue weighted by Gasteiger charge is -2.15. The van der Waals surface area contributed by atoms with E-state index in [-0.39, 0.29) is 33.3 Å². The van der Waals surface area contributed by atoms with Crippen LogP contribution in [0.25, 0.3) is 22.2 Å². The third-order valence-electron chi connectivity index (χ3n) is 4.62. The largest absolute Gasteiger partial charge is 0.496 e. The molecule has 2 aromatic heterocycles. The van der Waals surface area contributed by atoms with Crippen molar-refractivity contribution in [1.82, 2.24) is 4.98 Å². The van der Waals surface area contributed by atoms with E-state index >= 15 is 0 Å². The number of para-hydroxylation sites is 2. The van der Waals surface area contributed by atoms with Crippen LogP contribution in [0.15, 0.2) is 52.3 Å². The monoisotopic (exact) mass is 464 g/mol. The van der Waals surface area contributed by atoms with Gasteiger partial charge in [-0.05, 0) is 24.3 Å². The maximum Gasteiger partial charge on any atom is 0.416 e. The number of hydrogen-bond donors (Lipinski definition) is 3. The number of carbonyl (C=O) groups excluding carboxylic acids is 1. The predicted molar refractivity (Wildman–Crippen MR) is 110 cm³/mol. The molecule has 0 aliphatic heterocycles. The maximum atomic E-state index is 13.0. The lowest BCUT2D eigenvalue weighted by molar-refractivity contribution is -0.137. The van der Waals surface area contributed by atoms with E-state index < -0.39 is 23.9 Å². The van der Waals surface area contributed by atoms with Crippen LogP contribution in [0.1, 0.15) is 28.1 Å². The van der Waals surface area contributed by atoms with Crippen LogP contribution < -0.4 is 10.1 Å². The number of carbonyl (C=O) groups is 1. The zero-order chi connectivity index (χ0) is 23.0. The molecule has 0 aliphatic rings. The van der Waals surface area contributed by atoms with Crippen LogP contribution in [-0.4, -0.2) is 28.2 Å². The fourth-order valence-electron chi connectivity index (χ4n) is 3.14. The number of anilines is 1. The van der Waals surface area contributed by atoms with Gasteiger partial charge in [-0.1, -0.05) is 18.2 Å². The Morgan fingerprint density at radius 3 is 2.59 bits per heavy atom. The number of methoxy groups -OCH3 is 1. The fraction of sp³-hybridized carbons (Fsp3) is 0.143. The Bertz CT molecular complexity index is 1260. The van der Waals surface area contributed by atoms with Gasteiger partial charge in [0.15, 0.2) is 11.9 Å². The van der Waals surface area contributed by atoms with E-state index in [9.17, 15) is 28.2 Å². The van der Waals surface area contributed by atoms with Crippen molar-refractivity contribution in [3.05, 3.63) is 64.9 Å². The lowest BCUT2D eigenvalue weighted by atomic mass is 10.0. The number of alkyl halides is 3. The molecule has 32 heavy (non-hydrogen) atoms. The van der Waals surface area contributed by atoms with E-state index in [4.69, 9.17) is 9.15 Å². The second kappa shape index (κ2) is 8.26. The van der Waals surface area contributed by atoms with E-state index in [1.165, 1.54) is 18.6 Å². The average Bonchev–Trinajstić information content (AvgIpc) is 3.36. The molecule has 2 heterocycles. The first-order valence-electron chi connectivity index (χ1n) is 9.09. The molecule has 0 atom stereocenters. The molecule has 3 N–H and O–H groups in total. The Morgan fingerprint density at radius 2 is 1.94 bits per heavy atom. The topological polar surface area (TPSA) is 105 Å². The molecule has 0 radical (unpaired) electrons. The standard InChI is InChI=1S/C21H15F3N2O5S/c1-30-15-8-10(21(22,23)24)6-7-11(15)12-9-32-19(16(12)20(28)29)26-17(27)18-25-13-4-2-3-5-14(13)31-18/h2-9,20,28-29H,1H3,(H,26,27). The summed E-state index contributed by atoms with van der Waals surface area (Å²) >= 11 is 0.959. The highest BCUT2D eigenvalue weighted by molar-refractivity contribution is 7.15. The molecule has 2 aromatic carbocycles. The summed E-state index contributed by atoms with van der Waals surface area (Å²) in [6, 6.07) is 9.60. The summed E-state index contributed by atoms with van der Waals surface area (Å²) in [5, 5.41) is 23.9. The molecule has 0 fully saturated rings. The van der Waals surface area contributed by atoms with Gasteiger partial charge < -0.3 is 24.7 Å². The number of thiophene rings is 1. The smallest absolute Gasteiger partial charge is 0.416 e. The van der Waals surface area contributed by atoms with E-state index in [0.717, 1.165) is 23.5 Å². The fourth-order valence-corrected chi connectivity index (χ4v) is 4.13. The molecule has 0 aliphatic carbocycles. The Hall–Kier alpha value is -3.41. The van der Waals surface area contributed by atoms with Gasteiger partial charge in [-0.3, -0.25) is 4.79 Å². The number of fused-ring (bicyclic) bond motifs is 1. The Labute approximate surface area is 182 Å². The quantitative estimate of drug-likeness (QED) is 0.366. The minimum absolute atomic E-state index is 0.0733. The maximum absolute atomic E-state index is 13.0. The third-order valence-corrected chi connectivity index (χ3v) is 5.53. The van der Waals surface area contributed by atoms with Gasteiger partial charge in [0.2, 0.25) is 0 Å². The van der Waals surface area contributed by atoms with Crippen molar-refractivity contribution >= 4 is 33.3 Å². The summed E-state index contributed by atoms with van der Waals surface area (Å²) < 4.78 is 49.6. The van der Waals surface area contributed by atoms with Gasteiger partial charge in [0, 0.05) is 16.5 Å². The van der Waals surface area contributed by atoms with E-state index in [2.05, 4.69) is 10.3 Å². The zero-order valence-corrected chi connectivity index (χ0v) is 17.1. The van der Waals surface area contributed by atoms with Crippen LogP contribution >= 0.6 is 11.3 Å². The molecule has 0 saturated carbocycles. The molecule has 0 spiro atoms. The molecule has 0 unspecified atom stereocenters. The summed E-state index contributed by atoms with van der Waals surface area (Å²) in [6.45, 7) is 0. The van der Waals surface area contributed by atoms with Crippen molar-refractivity contribution in [3.63, 3.8) is 0 Å². The molecule has 4 rings (SSSR count). The first-order chi connectivity index (χ1) is 15.2. The van der Waals surface area contributed by atoms with Crippen LogP contribution in [0.4, 0.5) is 18.2 Å². The van der Waals surface area contributed by atoms with Gasteiger partial charge in [-0.2, -0.15) is 13.2 Å². The molecule has 0 bridgehead atoms. The number of benzene rings is 2. The summed E-state index contributed by atoms with van der Waals surface area (Å²) in [5.41, 5.74) is 0.259. The highest BCUT2D eigenvalue weighted by atomic mass is 32.1. The van der Waals surface area contributed by atoms with Crippen molar-refractivity contribution in [2.45, 2.75) is 12.5 Å². The normalized spacial score (nSPS) is 11.8. The van der Waals surface area contributed by atoms with E-state index in [0.29, 0.717) is 11.1 Å². The number of aliphatic hydroxyl groups excluding tert-OH is 1. The molecule has 11 heteroatoms. The van der Waals surface area contributed by atoms with Crippen LogP contribution in [0.5, 0.6) is 5.75 Å². The molecule has 4 aromatic rings. The number of amides is 1. The molecular formula is C21H15F3N2O5S. The first kappa shape index (κ1) is 21.8. The minimum atomic E-state index is -4.57. The first-order valence-corrected chi connectivity index (χ1v) is 9.97. The minimum Gasteiger partial charge on any atom is -0.496 e. The number of halogens is 3. The summed E-state index contributed by atoms with van der Waals surface area (Å²) in [5.74, 6) is -1.07. The Kier molecular flexibility index (Phi) is 5.63. The molecule has 0 saturated heterocycles. The number of ether oxygens (including phenoxy) is 1. The van der Waals surface area contributed by atoms with Crippen molar-refractivity contribution in [2.24, 2.45) is 0 Å². The summed E-state index contributed by atoms with van der Waals surface area (Å²) in [4.78, 5) is 16.7. The number of rotatable bonds is 5. The average molecular weight is 464 g/mol. The zero-order valence-electron chi connectivity index (χ0n) is 16.3. The summed E-state index contributed by atoms with van der Waals surface area (Å²) in [7, 11) is 1.20. The van der Waals surface area contributed by atoms with Gasteiger partial charge in [0.25, 0.3) is 5.89 Å². The van der Waals surface area contributed by atoms with Gasteiger partial charge >= 0.3 is 12.1 Å². The van der Waals surface area contributed by atoms with Crippen LogP contribution in [0.3, 0.4) is 0 Å². The van der Waals surface area contributed by atoms with Gasteiger partial charge in [0.1, 0.15) is 16.3 Å². The van der Waals surface area contributed by atoms with Crippen molar-refractivity contribution < 1.29 is 37.3 Å². The highest BCUT2D eigenvalue weighted by Gasteiger charge is 2.32. The third kappa shape index (κ3) is 4.05. The second-order valence-electron chi connectivity index (χ2n) is 6.62. The number of nitrogens with one attached hydrogen (secondary N) is 1. The highest BCUT2D eigenvalue weighted by Crippen LogP contribution is 2.44. The Balaban J connectivity index is 1.71. The number of hydrogen-bond acceptors (Lipinski definition) is 7. The molecular weight excluding hydrogens is 449 g/mol. The van der Waals surface area contributed by atoms with Gasteiger partial charge in [0.05, 0.1) is 18.2 Å². The van der Waals surface area contributed by atoms with Crippen LogP contribution in [0.2, 0.25) is 0 Å². The van der Waals surface area contributed by atoms with Crippen molar-refractivity contribution in [3.8, 4) is 16.9 Å². The summed E-state index contributed by atoms with van der Waals surface area (Å²) in [6.07, 6.45) is -6.60. The van der Waals surface area contributed by atoms with Gasteiger partial charge in [-0.25, -0.2) is 4.98 Å². The number of oxazole rings is 1. The molecule has 1 amide bonds. The predicted octanol–water partition coefficient (Wildman–Crippen LogP) is 4.82. The number of aromatic nitrogens is 1. The van der Waals surface area contributed by atoms with E-state index in [1.807, 2.05) is 0 Å². The number of nitrogens with zero attached hydrogens (tertiary/aromatic N) is 1. The van der Waals surface area contributed by atoms with Gasteiger partial charge in [-0.15, -0.1) is 11.3 Å².